The molecule has 1 aromatic carbocycles. The van der Waals surface area contributed by atoms with Gasteiger partial charge in [-0.25, -0.2) is 0 Å². The number of nitrogens with one attached hydrogen (secondary N) is 2. The van der Waals surface area contributed by atoms with Crippen molar-refractivity contribution in [1.29, 1.82) is 0 Å². The number of halogens is 1. The van der Waals surface area contributed by atoms with Crippen molar-refractivity contribution < 1.29 is 14.3 Å². The van der Waals surface area contributed by atoms with Crippen molar-refractivity contribution in [3.05, 3.63) is 24.3 Å². The Hall–Kier alpha value is -1.79. The molecule has 1 aromatic rings. The summed E-state index contributed by atoms with van der Waals surface area (Å²) >= 11 is 0. The highest BCUT2D eigenvalue weighted by atomic mass is 35.5. The highest BCUT2D eigenvalue weighted by Gasteiger charge is 2.28. The fraction of sp³-hybridized carbons (Fsp3) is 0.556. The van der Waals surface area contributed by atoms with E-state index in [1.165, 1.54) is 0 Å². The molecule has 0 aromatic heterocycles. The lowest BCUT2D eigenvalue weighted by atomic mass is 9.92. The van der Waals surface area contributed by atoms with Crippen LogP contribution >= 0.6 is 12.4 Å². The number of piperidine rings is 1. The molecule has 1 aliphatic rings. The molecule has 2 amide bonds. The van der Waals surface area contributed by atoms with Gasteiger partial charge in [0.25, 0.3) is 0 Å². The molecule has 0 radical (unpaired) electrons. The topological polar surface area (TPSA) is 70.7 Å². The summed E-state index contributed by atoms with van der Waals surface area (Å²) in [5, 5.41) is 6.17. The van der Waals surface area contributed by atoms with E-state index in [2.05, 4.69) is 17.6 Å². The third-order valence-electron chi connectivity index (χ3n) is 4.38. The van der Waals surface area contributed by atoms with Crippen molar-refractivity contribution in [3.8, 4) is 5.75 Å². The van der Waals surface area contributed by atoms with Gasteiger partial charge in [-0.1, -0.05) is 12.1 Å². The largest absolute Gasteiger partial charge is 0.495 e. The van der Waals surface area contributed by atoms with Crippen LogP contribution in [0.2, 0.25) is 0 Å². The Bertz CT molecular complexity index is 582. The molecule has 1 saturated heterocycles. The van der Waals surface area contributed by atoms with Gasteiger partial charge in [0.15, 0.2) is 0 Å². The number of methoxy groups -OCH3 is 1. The smallest absolute Gasteiger partial charge is 0.244 e. The second-order valence-electron chi connectivity index (χ2n) is 6.18. The molecular weight excluding hydrogens is 342 g/mol. The van der Waals surface area contributed by atoms with Gasteiger partial charge in [0, 0.05) is 18.5 Å². The first-order valence-corrected chi connectivity index (χ1v) is 8.50. The third kappa shape index (κ3) is 5.90. The fourth-order valence-electron chi connectivity index (χ4n) is 3.07. The molecule has 140 valence electrons. The molecule has 2 atom stereocenters. The summed E-state index contributed by atoms with van der Waals surface area (Å²) in [4.78, 5) is 26.6. The highest BCUT2D eigenvalue weighted by Crippen LogP contribution is 2.23. The van der Waals surface area contributed by atoms with Gasteiger partial charge in [0.2, 0.25) is 11.8 Å². The van der Waals surface area contributed by atoms with Gasteiger partial charge >= 0.3 is 0 Å². The second-order valence-corrected chi connectivity index (χ2v) is 6.18. The van der Waals surface area contributed by atoms with Crippen LogP contribution in [0.5, 0.6) is 5.75 Å². The van der Waals surface area contributed by atoms with E-state index in [0.29, 0.717) is 24.0 Å². The SMILES string of the molecule is CCN(CC(=O)Nc1ccccc1OC)C(=O)[C@H]1CCN[C@@H](C)C1.Cl. The molecule has 7 heteroatoms. The molecule has 1 aliphatic heterocycles. The lowest BCUT2D eigenvalue weighted by Crippen LogP contribution is -2.46. The normalized spacial score (nSPS) is 19.5. The van der Waals surface area contributed by atoms with E-state index in [4.69, 9.17) is 4.74 Å². The van der Waals surface area contributed by atoms with Gasteiger partial charge < -0.3 is 20.3 Å². The van der Waals surface area contributed by atoms with Crippen molar-refractivity contribution in [2.45, 2.75) is 32.7 Å². The maximum Gasteiger partial charge on any atom is 0.244 e. The zero-order valence-electron chi connectivity index (χ0n) is 15.1. The van der Waals surface area contributed by atoms with Crippen LogP contribution in [0.1, 0.15) is 26.7 Å². The minimum Gasteiger partial charge on any atom is -0.495 e. The molecule has 1 heterocycles. The molecule has 0 unspecified atom stereocenters. The lowest BCUT2D eigenvalue weighted by Gasteiger charge is -2.31. The minimum atomic E-state index is -0.211. The predicted molar refractivity (Wildman–Crippen MR) is 101 cm³/mol. The molecule has 0 spiro atoms. The Kier molecular flexibility index (Phi) is 8.72. The summed E-state index contributed by atoms with van der Waals surface area (Å²) in [6.07, 6.45) is 1.65. The number of hydrogen-bond acceptors (Lipinski definition) is 4. The number of carbonyl (C=O) groups is 2. The second kappa shape index (κ2) is 10.3. The predicted octanol–water partition coefficient (Wildman–Crippen LogP) is 2.29. The quantitative estimate of drug-likeness (QED) is 0.807. The Morgan fingerprint density at radius 2 is 2.08 bits per heavy atom. The van der Waals surface area contributed by atoms with E-state index >= 15 is 0 Å². The number of carbonyl (C=O) groups excluding carboxylic acids is 2. The zero-order chi connectivity index (χ0) is 17.5. The van der Waals surface area contributed by atoms with Crippen molar-refractivity contribution >= 4 is 29.9 Å². The van der Waals surface area contributed by atoms with Gasteiger partial charge in [-0.3, -0.25) is 9.59 Å². The lowest BCUT2D eigenvalue weighted by molar-refractivity contribution is -0.139. The highest BCUT2D eigenvalue weighted by molar-refractivity contribution is 5.96. The van der Waals surface area contributed by atoms with Gasteiger partial charge in [-0.15, -0.1) is 12.4 Å². The molecule has 2 N–H and O–H groups in total. The molecule has 1 fully saturated rings. The summed E-state index contributed by atoms with van der Waals surface area (Å²) in [6.45, 7) is 5.42. The van der Waals surface area contributed by atoms with Gasteiger partial charge in [-0.2, -0.15) is 0 Å². The molecule has 25 heavy (non-hydrogen) atoms. The third-order valence-corrected chi connectivity index (χ3v) is 4.38. The van der Waals surface area contributed by atoms with E-state index in [9.17, 15) is 9.59 Å². The first-order chi connectivity index (χ1) is 11.5. The van der Waals surface area contributed by atoms with Gasteiger partial charge in [0.1, 0.15) is 5.75 Å². The standard InChI is InChI=1S/C18H27N3O3.ClH/c1-4-21(18(23)14-9-10-19-13(2)11-14)12-17(22)20-15-7-5-6-8-16(15)24-3;/h5-8,13-14,19H,4,9-12H2,1-3H3,(H,20,22);1H/t13-,14-;/m0./s1. The van der Waals surface area contributed by atoms with E-state index in [1.54, 1.807) is 24.1 Å². The monoisotopic (exact) mass is 369 g/mol. The Morgan fingerprint density at radius 1 is 1.36 bits per heavy atom. The number of amides is 2. The van der Waals surface area contributed by atoms with Crippen LogP contribution in [-0.4, -0.2) is 49.5 Å². The summed E-state index contributed by atoms with van der Waals surface area (Å²) in [5.74, 6) is 0.463. The minimum absolute atomic E-state index is 0. The number of benzene rings is 1. The van der Waals surface area contributed by atoms with Crippen molar-refractivity contribution in [1.82, 2.24) is 10.2 Å². The van der Waals surface area contributed by atoms with Crippen LogP contribution in [0.25, 0.3) is 0 Å². The molecule has 0 bridgehead atoms. The number of hydrogen-bond donors (Lipinski definition) is 2. The first-order valence-electron chi connectivity index (χ1n) is 8.50. The average Bonchev–Trinajstić information content (AvgIpc) is 2.59. The first kappa shape index (κ1) is 21.3. The number of nitrogens with zero attached hydrogens (tertiary/aromatic N) is 1. The van der Waals surface area contributed by atoms with Crippen LogP contribution < -0.4 is 15.4 Å². The number of rotatable bonds is 6. The van der Waals surface area contributed by atoms with E-state index in [-0.39, 0.29) is 36.7 Å². The molecule has 2 rings (SSSR count). The molecule has 0 saturated carbocycles. The summed E-state index contributed by atoms with van der Waals surface area (Å²) in [7, 11) is 1.56. The number of anilines is 1. The molecular formula is C18H28ClN3O3. The van der Waals surface area contributed by atoms with E-state index in [1.807, 2.05) is 19.1 Å². The summed E-state index contributed by atoms with van der Waals surface area (Å²) in [6, 6.07) is 7.58. The van der Waals surface area contributed by atoms with Gasteiger partial charge in [-0.05, 0) is 45.4 Å². The average molecular weight is 370 g/mol. The Labute approximate surface area is 155 Å². The van der Waals surface area contributed by atoms with Crippen molar-refractivity contribution in [2.24, 2.45) is 5.92 Å². The number of ether oxygens (including phenoxy) is 1. The van der Waals surface area contributed by atoms with Crippen LogP contribution in [0.3, 0.4) is 0 Å². The van der Waals surface area contributed by atoms with E-state index < -0.39 is 0 Å². The van der Waals surface area contributed by atoms with Crippen LogP contribution in [0.15, 0.2) is 24.3 Å². The van der Waals surface area contributed by atoms with Crippen LogP contribution in [0, 0.1) is 5.92 Å². The molecule has 6 nitrogen and oxygen atoms in total. The maximum absolute atomic E-state index is 12.7. The summed E-state index contributed by atoms with van der Waals surface area (Å²) in [5.41, 5.74) is 0.615. The van der Waals surface area contributed by atoms with Crippen molar-refractivity contribution in [3.63, 3.8) is 0 Å². The number of para-hydroxylation sites is 2. The zero-order valence-corrected chi connectivity index (χ0v) is 15.9. The van der Waals surface area contributed by atoms with Crippen molar-refractivity contribution in [2.75, 3.05) is 32.1 Å². The maximum atomic E-state index is 12.7. The number of likely N-dealkylation sites (N-methyl/N-ethyl adjacent to an activating group) is 1. The van der Waals surface area contributed by atoms with Crippen LogP contribution in [0.4, 0.5) is 5.69 Å². The fourth-order valence-corrected chi connectivity index (χ4v) is 3.07. The molecule has 0 aliphatic carbocycles. The van der Waals surface area contributed by atoms with Gasteiger partial charge in [0.05, 0.1) is 19.3 Å². The van der Waals surface area contributed by atoms with Crippen LogP contribution in [-0.2, 0) is 9.59 Å². The Balaban J connectivity index is 0.00000312. The Morgan fingerprint density at radius 3 is 2.72 bits per heavy atom. The van der Waals surface area contributed by atoms with E-state index in [0.717, 1.165) is 19.4 Å². The summed E-state index contributed by atoms with van der Waals surface area (Å²) < 4.78 is 5.23.